The van der Waals surface area contributed by atoms with E-state index >= 15 is 0 Å². The van der Waals surface area contributed by atoms with E-state index in [1.54, 1.807) is 0 Å². The average Bonchev–Trinajstić information content (AvgIpc) is 2.29. The Hall–Kier alpha value is -1.12. The fraction of sp³-hybridized carbons (Fsp3) is 0.231. The molecule has 1 nitrogen and oxygen atoms in total. The maximum atomic E-state index is 13.1. The molecule has 2 aromatic carbocycles. The van der Waals surface area contributed by atoms with Gasteiger partial charge in [-0.1, -0.05) is 42.5 Å². The van der Waals surface area contributed by atoms with Gasteiger partial charge in [-0.15, -0.1) is 12.4 Å². The van der Waals surface area contributed by atoms with Gasteiger partial charge in [0.1, 0.15) is 6.17 Å². The molecule has 0 aliphatic carbocycles. The van der Waals surface area contributed by atoms with Crippen LogP contribution in [0.4, 0.5) is 4.39 Å². The molecule has 0 bridgehead atoms. The average molecular weight is 240 g/mol. The molecular formula is C13H15ClFN. The summed E-state index contributed by atoms with van der Waals surface area (Å²) < 4.78 is 13.1. The predicted octanol–water partition coefficient (Wildman–Crippen LogP) is 3.10. The molecule has 2 rings (SSSR count). The lowest BCUT2D eigenvalue weighted by atomic mass is 10.0. The van der Waals surface area contributed by atoms with E-state index in [0.717, 1.165) is 10.9 Å². The van der Waals surface area contributed by atoms with Crippen molar-refractivity contribution in [1.82, 2.24) is 0 Å². The van der Waals surface area contributed by atoms with Crippen LogP contribution in [0.25, 0.3) is 10.8 Å². The lowest BCUT2D eigenvalue weighted by Gasteiger charge is -2.06. The highest BCUT2D eigenvalue weighted by Gasteiger charge is 2.05. The van der Waals surface area contributed by atoms with Crippen LogP contribution in [0.3, 0.4) is 0 Å². The van der Waals surface area contributed by atoms with Crippen LogP contribution in [-0.2, 0) is 6.42 Å². The van der Waals surface area contributed by atoms with Crippen LogP contribution in [0, 0.1) is 0 Å². The third-order valence-electron chi connectivity index (χ3n) is 2.53. The maximum absolute atomic E-state index is 13.1. The van der Waals surface area contributed by atoms with Crippen molar-refractivity contribution in [3.63, 3.8) is 0 Å². The van der Waals surface area contributed by atoms with Crippen molar-refractivity contribution < 1.29 is 4.39 Å². The molecule has 0 radical (unpaired) electrons. The van der Waals surface area contributed by atoms with Crippen LogP contribution in [0.15, 0.2) is 42.5 Å². The molecule has 0 spiro atoms. The lowest BCUT2D eigenvalue weighted by Crippen LogP contribution is -2.17. The SMILES string of the molecule is Cl.NCC(F)Cc1ccc2ccccc2c1. The van der Waals surface area contributed by atoms with Gasteiger partial charge in [-0.3, -0.25) is 0 Å². The highest BCUT2D eigenvalue weighted by Crippen LogP contribution is 2.16. The van der Waals surface area contributed by atoms with Crippen LogP contribution >= 0.6 is 12.4 Å². The first-order valence-electron chi connectivity index (χ1n) is 5.11. The summed E-state index contributed by atoms with van der Waals surface area (Å²) in [5.41, 5.74) is 6.26. The molecule has 0 aliphatic heterocycles. The molecule has 3 heteroatoms. The van der Waals surface area contributed by atoms with E-state index in [9.17, 15) is 4.39 Å². The van der Waals surface area contributed by atoms with Gasteiger partial charge in [-0.2, -0.15) is 0 Å². The molecule has 0 aliphatic rings. The van der Waals surface area contributed by atoms with E-state index in [4.69, 9.17) is 5.73 Å². The van der Waals surface area contributed by atoms with Crippen molar-refractivity contribution in [2.24, 2.45) is 5.73 Å². The minimum atomic E-state index is -0.939. The standard InChI is InChI=1S/C13H14FN.ClH/c14-13(9-15)8-10-5-6-11-3-1-2-4-12(11)7-10;/h1-7,13H,8-9,15H2;1H. The molecule has 2 N–H and O–H groups in total. The van der Waals surface area contributed by atoms with Gasteiger partial charge < -0.3 is 5.73 Å². The molecule has 16 heavy (non-hydrogen) atoms. The van der Waals surface area contributed by atoms with Gasteiger partial charge in [-0.25, -0.2) is 4.39 Å². The van der Waals surface area contributed by atoms with Crippen molar-refractivity contribution in [1.29, 1.82) is 0 Å². The fourth-order valence-corrected chi connectivity index (χ4v) is 1.70. The number of benzene rings is 2. The summed E-state index contributed by atoms with van der Waals surface area (Å²) in [5.74, 6) is 0. The Morgan fingerprint density at radius 3 is 2.44 bits per heavy atom. The lowest BCUT2D eigenvalue weighted by molar-refractivity contribution is 0.340. The van der Waals surface area contributed by atoms with E-state index in [0.29, 0.717) is 6.42 Å². The summed E-state index contributed by atoms with van der Waals surface area (Å²) in [4.78, 5) is 0. The second kappa shape index (κ2) is 5.83. The Morgan fingerprint density at radius 1 is 1.06 bits per heavy atom. The minimum absolute atomic E-state index is 0. The zero-order chi connectivity index (χ0) is 10.7. The monoisotopic (exact) mass is 239 g/mol. The molecule has 0 heterocycles. The van der Waals surface area contributed by atoms with Crippen molar-refractivity contribution in [3.05, 3.63) is 48.0 Å². The fourth-order valence-electron chi connectivity index (χ4n) is 1.70. The van der Waals surface area contributed by atoms with Crippen LogP contribution in [-0.4, -0.2) is 12.7 Å². The maximum Gasteiger partial charge on any atom is 0.116 e. The summed E-state index contributed by atoms with van der Waals surface area (Å²) in [6, 6.07) is 14.1. The molecule has 86 valence electrons. The summed E-state index contributed by atoms with van der Waals surface area (Å²) in [5, 5.41) is 2.34. The largest absolute Gasteiger partial charge is 0.328 e. The van der Waals surface area contributed by atoms with Crippen LogP contribution in [0.5, 0.6) is 0 Å². The predicted molar refractivity (Wildman–Crippen MR) is 68.9 cm³/mol. The number of hydrogen-bond donors (Lipinski definition) is 1. The molecule has 2 aromatic rings. The Kier molecular flexibility index (Phi) is 4.71. The summed E-state index contributed by atoms with van der Waals surface area (Å²) in [7, 11) is 0. The third-order valence-corrected chi connectivity index (χ3v) is 2.53. The second-order valence-electron chi connectivity index (χ2n) is 3.72. The zero-order valence-corrected chi connectivity index (χ0v) is 9.71. The molecular weight excluding hydrogens is 225 g/mol. The Labute approximate surface area is 101 Å². The number of nitrogens with two attached hydrogens (primary N) is 1. The van der Waals surface area contributed by atoms with Gasteiger partial charge in [0.2, 0.25) is 0 Å². The van der Waals surface area contributed by atoms with Gasteiger partial charge >= 0.3 is 0 Å². The van der Waals surface area contributed by atoms with Gasteiger partial charge in [0, 0.05) is 13.0 Å². The van der Waals surface area contributed by atoms with Crippen molar-refractivity contribution in [2.45, 2.75) is 12.6 Å². The van der Waals surface area contributed by atoms with Gasteiger partial charge in [-0.05, 0) is 16.3 Å². The third kappa shape index (κ3) is 2.94. The van der Waals surface area contributed by atoms with E-state index in [-0.39, 0.29) is 19.0 Å². The van der Waals surface area contributed by atoms with Crippen molar-refractivity contribution in [3.8, 4) is 0 Å². The van der Waals surface area contributed by atoms with Gasteiger partial charge in [0.05, 0.1) is 0 Å². The van der Waals surface area contributed by atoms with E-state index in [2.05, 4.69) is 6.07 Å². The Morgan fingerprint density at radius 2 is 1.75 bits per heavy atom. The first kappa shape index (κ1) is 12.9. The van der Waals surface area contributed by atoms with E-state index in [1.165, 1.54) is 5.39 Å². The molecule has 0 saturated heterocycles. The normalized spacial score (nSPS) is 12.1. The molecule has 0 aromatic heterocycles. The molecule has 1 unspecified atom stereocenters. The number of hydrogen-bond acceptors (Lipinski definition) is 1. The van der Waals surface area contributed by atoms with Crippen LogP contribution in [0.2, 0.25) is 0 Å². The second-order valence-corrected chi connectivity index (χ2v) is 3.72. The number of rotatable bonds is 3. The molecule has 0 amide bonds. The van der Waals surface area contributed by atoms with E-state index < -0.39 is 6.17 Å². The number of fused-ring (bicyclic) bond motifs is 1. The molecule has 0 fully saturated rings. The van der Waals surface area contributed by atoms with Crippen molar-refractivity contribution >= 4 is 23.2 Å². The van der Waals surface area contributed by atoms with Gasteiger partial charge in [0.15, 0.2) is 0 Å². The first-order valence-corrected chi connectivity index (χ1v) is 5.11. The molecule has 0 saturated carbocycles. The summed E-state index contributed by atoms with van der Waals surface area (Å²) in [6.45, 7) is 0.0901. The Bertz CT molecular complexity index is 458. The van der Waals surface area contributed by atoms with Crippen LogP contribution in [0.1, 0.15) is 5.56 Å². The van der Waals surface area contributed by atoms with Crippen molar-refractivity contribution in [2.75, 3.05) is 6.54 Å². The highest BCUT2D eigenvalue weighted by molar-refractivity contribution is 5.85. The topological polar surface area (TPSA) is 26.0 Å². The first-order chi connectivity index (χ1) is 7.29. The van der Waals surface area contributed by atoms with E-state index in [1.807, 2.05) is 36.4 Å². The molecule has 1 atom stereocenters. The minimum Gasteiger partial charge on any atom is -0.328 e. The smallest absolute Gasteiger partial charge is 0.116 e. The van der Waals surface area contributed by atoms with Gasteiger partial charge in [0.25, 0.3) is 0 Å². The number of alkyl halides is 1. The Balaban J connectivity index is 0.00000128. The summed E-state index contributed by atoms with van der Waals surface area (Å²) in [6.07, 6.45) is -0.535. The number of halogens is 2. The summed E-state index contributed by atoms with van der Waals surface area (Å²) >= 11 is 0. The van der Waals surface area contributed by atoms with Crippen LogP contribution < -0.4 is 5.73 Å². The quantitative estimate of drug-likeness (QED) is 0.875. The zero-order valence-electron chi connectivity index (χ0n) is 8.90. The highest BCUT2D eigenvalue weighted by atomic mass is 35.5.